The van der Waals surface area contributed by atoms with Gasteiger partial charge in [0.25, 0.3) is 15.1 Å². The van der Waals surface area contributed by atoms with Gasteiger partial charge in [0.05, 0.1) is 42.8 Å². The zero-order chi connectivity index (χ0) is 22.9. The van der Waals surface area contributed by atoms with Crippen LogP contribution in [0.2, 0.25) is 0 Å². The van der Waals surface area contributed by atoms with E-state index in [1.54, 1.807) is 37.3 Å². The van der Waals surface area contributed by atoms with Gasteiger partial charge < -0.3 is 14.4 Å². The molecule has 0 bridgehead atoms. The fraction of sp³-hybridized carbons (Fsp3) is 0.318. The van der Waals surface area contributed by atoms with E-state index in [2.05, 4.69) is 28.5 Å². The van der Waals surface area contributed by atoms with Crippen molar-refractivity contribution in [3.05, 3.63) is 46.4 Å². The van der Waals surface area contributed by atoms with Crippen LogP contribution < -0.4 is 18.9 Å². The normalized spacial score (nSPS) is 14.9. The molecule has 0 saturated heterocycles. The maximum atomic E-state index is 11.2. The first-order valence-electron chi connectivity index (χ1n) is 10.1. The lowest BCUT2D eigenvalue weighted by Gasteiger charge is -2.17. The zero-order valence-electron chi connectivity index (χ0n) is 18.1. The summed E-state index contributed by atoms with van der Waals surface area (Å²) in [6.07, 6.45) is 2.45. The minimum atomic E-state index is -4.01. The summed E-state index contributed by atoms with van der Waals surface area (Å²) in [5, 5.41) is 2.10. The molecule has 170 valence electrons. The molecule has 2 heterocycles. The van der Waals surface area contributed by atoms with Gasteiger partial charge in [0.15, 0.2) is 6.54 Å². The number of thiazole rings is 1. The van der Waals surface area contributed by atoms with Crippen molar-refractivity contribution in [1.82, 2.24) is 0 Å². The maximum absolute atomic E-state index is 11.2. The van der Waals surface area contributed by atoms with Crippen LogP contribution in [-0.4, -0.2) is 39.5 Å². The van der Waals surface area contributed by atoms with Crippen LogP contribution in [0.5, 0.6) is 11.5 Å². The van der Waals surface area contributed by atoms with E-state index in [1.165, 1.54) is 4.90 Å². The largest absolute Gasteiger partial charge is 0.497 e. The molecule has 0 atom stereocenters. The molecular weight excluding hydrogens is 468 g/mol. The van der Waals surface area contributed by atoms with Crippen LogP contribution in [0.4, 0.5) is 5.69 Å². The Morgan fingerprint density at radius 1 is 1.12 bits per heavy atom. The summed E-state index contributed by atoms with van der Waals surface area (Å²) in [5.74, 6) is 1.28. The Morgan fingerprint density at radius 3 is 2.53 bits per heavy atom. The van der Waals surface area contributed by atoms with Gasteiger partial charge in [-0.3, -0.25) is 4.55 Å². The number of fused-ring (bicyclic) bond motifs is 2. The Morgan fingerprint density at radius 2 is 1.84 bits per heavy atom. The molecule has 0 radical (unpaired) electrons. The number of aromatic nitrogens is 1. The van der Waals surface area contributed by atoms with E-state index in [9.17, 15) is 8.42 Å². The summed E-state index contributed by atoms with van der Waals surface area (Å²) < 4.78 is 45.6. The Bertz CT molecular complexity index is 1280. The van der Waals surface area contributed by atoms with Crippen LogP contribution in [0.3, 0.4) is 0 Å². The molecule has 10 heteroatoms. The van der Waals surface area contributed by atoms with Gasteiger partial charge >= 0.3 is 0 Å². The molecule has 1 aliphatic heterocycles. The van der Waals surface area contributed by atoms with Gasteiger partial charge in [0.2, 0.25) is 5.52 Å². The summed E-state index contributed by atoms with van der Waals surface area (Å²) in [7, 11) is -0.720. The minimum absolute atomic E-state index is 0.279. The van der Waals surface area contributed by atoms with Crippen LogP contribution in [0.15, 0.2) is 46.3 Å². The van der Waals surface area contributed by atoms with Crippen molar-refractivity contribution in [2.45, 2.75) is 24.8 Å². The number of rotatable bonds is 8. The molecule has 0 saturated carbocycles. The highest BCUT2D eigenvalue weighted by Gasteiger charge is 2.28. The van der Waals surface area contributed by atoms with Crippen LogP contribution >= 0.6 is 23.1 Å². The molecule has 1 aromatic heterocycles. The molecule has 2 aromatic carbocycles. The first-order valence-corrected chi connectivity index (χ1v) is 13.4. The summed E-state index contributed by atoms with van der Waals surface area (Å²) >= 11 is 3.34. The summed E-state index contributed by atoms with van der Waals surface area (Å²) in [5.41, 5.74) is 2.09. The second-order valence-electron chi connectivity index (χ2n) is 7.23. The molecule has 4 rings (SSSR count). The minimum Gasteiger partial charge on any atom is -0.497 e. The molecule has 0 fully saturated rings. The second kappa shape index (κ2) is 9.30. The molecule has 3 aromatic rings. The van der Waals surface area contributed by atoms with Gasteiger partial charge in [-0.05, 0) is 31.2 Å². The first kappa shape index (κ1) is 22.9. The standard InChI is InChI=1S/C22H24N2O5S3/c1-4-23-17-12-15(28-2)6-8-19(17)30-21(23)14-22-24(10-5-11-32(25,26)27)18-13-16(29-3)7-9-20(18)31-22/h6-9,12-14H,4-5,10-11H2,1-3H3/p+1. The van der Waals surface area contributed by atoms with Crippen molar-refractivity contribution in [2.24, 2.45) is 0 Å². The summed E-state index contributed by atoms with van der Waals surface area (Å²) in [6.45, 7) is 3.38. The van der Waals surface area contributed by atoms with Gasteiger partial charge in [-0.25, -0.2) is 0 Å². The third kappa shape index (κ3) is 4.73. The Kier molecular flexibility index (Phi) is 6.66. The average molecular weight is 494 g/mol. The molecule has 0 unspecified atom stereocenters. The number of anilines is 1. The van der Waals surface area contributed by atoms with Crippen LogP contribution in [0.1, 0.15) is 18.4 Å². The van der Waals surface area contributed by atoms with E-state index in [-0.39, 0.29) is 5.75 Å². The van der Waals surface area contributed by atoms with Crippen molar-refractivity contribution < 1.29 is 27.0 Å². The second-order valence-corrected chi connectivity index (χ2v) is 10.9. The number of hydrogen-bond acceptors (Lipinski definition) is 7. The number of ether oxygens (including phenoxy) is 2. The highest BCUT2D eigenvalue weighted by Crippen LogP contribution is 2.48. The van der Waals surface area contributed by atoms with Gasteiger partial charge in [0, 0.05) is 23.9 Å². The highest BCUT2D eigenvalue weighted by molar-refractivity contribution is 8.03. The molecule has 1 aliphatic rings. The van der Waals surface area contributed by atoms with E-state index >= 15 is 0 Å². The number of nitrogens with zero attached hydrogens (tertiary/aromatic N) is 2. The third-order valence-corrected chi connectivity index (χ3v) is 8.25. The molecule has 7 nitrogen and oxygen atoms in total. The lowest BCUT2D eigenvalue weighted by atomic mass is 10.2. The van der Waals surface area contributed by atoms with Crippen LogP contribution in [-0.2, 0) is 16.7 Å². The van der Waals surface area contributed by atoms with Crippen molar-refractivity contribution in [3.8, 4) is 11.5 Å². The highest BCUT2D eigenvalue weighted by atomic mass is 32.2. The number of methoxy groups -OCH3 is 2. The van der Waals surface area contributed by atoms with Gasteiger partial charge in [-0.15, -0.1) is 0 Å². The summed E-state index contributed by atoms with van der Waals surface area (Å²) in [6, 6.07) is 12.0. The number of hydrogen-bond donors (Lipinski definition) is 1. The summed E-state index contributed by atoms with van der Waals surface area (Å²) in [4.78, 5) is 3.41. The maximum Gasteiger partial charge on any atom is 0.265 e. The Hall–Kier alpha value is -2.27. The molecule has 0 amide bonds. The molecule has 32 heavy (non-hydrogen) atoms. The zero-order valence-corrected chi connectivity index (χ0v) is 20.5. The predicted molar refractivity (Wildman–Crippen MR) is 129 cm³/mol. The van der Waals surface area contributed by atoms with E-state index in [4.69, 9.17) is 14.0 Å². The monoisotopic (exact) mass is 493 g/mol. The number of thioether (sulfide) groups is 1. The van der Waals surface area contributed by atoms with Crippen LogP contribution in [0.25, 0.3) is 16.3 Å². The van der Waals surface area contributed by atoms with Crippen molar-refractivity contribution in [2.75, 3.05) is 31.4 Å². The molecule has 1 N–H and O–H groups in total. The van der Waals surface area contributed by atoms with E-state index in [1.807, 2.05) is 30.3 Å². The quantitative estimate of drug-likeness (QED) is 0.368. The first-order chi connectivity index (χ1) is 15.3. The van der Waals surface area contributed by atoms with Crippen molar-refractivity contribution >= 4 is 55.2 Å². The molecule has 0 spiro atoms. The fourth-order valence-corrected chi connectivity index (χ4v) is 6.52. The lowest BCUT2D eigenvalue weighted by molar-refractivity contribution is -0.668. The average Bonchev–Trinajstić information content (AvgIpc) is 3.29. The Balaban J connectivity index is 1.76. The van der Waals surface area contributed by atoms with Crippen LogP contribution in [0, 0.1) is 0 Å². The smallest absolute Gasteiger partial charge is 0.265 e. The Labute approximate surface area is 196 Å². The van der Waals surface area contributed by atoms with E-state index < -0.39 is 10.1 Å². The number of aryl methyl sites for hydroxylation is 1. The predicted octanol–water partition coefficient (Wildman–Crippen LogP) is 4.41. The SMILES string of the molecule is CCN1/C(=C/c2sc3ccc(OC)cc3[n+]2CCCS(=O)(=O)O)Sc2ccc(OC)cc21. The van der Waals surface area contributed by atoms with Gasteiger partial charge in [-0.1, -0.05) is 23.1 Å². The third-order valence-electron chi connectivity index (χ3n) is 5.22. The van der Waals surface area contributed by atoms with Gasteiger partial charge in [-0.2, -0.15) is 13.0 Å². The van der Waals surface area contributed by atoms with Gasteiger partial charge in [0.1, 0.15) is 16.2 Å². The fourth-order valence-electron chi connectivity index (χ4n) is 3.70. The van der Waals surface area contributed by atoms with E-state index in [0.29, 0.717) is 13.0 Å². The van der Waals surface area contributed by atoms with E-state index in [0.717, 1.165) is 44.0 Å². The van der Waals surface area contributed by atoms with Crippen molar-refractivity contribution in [1.29, 1.82) is 0 Å². The molecular formula is C22H25N2O5S3+. The molecule has 0 aliphatic carbocycles. The number of benzene rings is 2. The lowest BCUT2D eigenvalue weighted by Crippen LogP contribution is -2.36. The van der Waals surface area contributed by atoms with Crippen molar-refractivity contribution in [3.63, 3.8) is 0 Å². The topological polar surface area (TPSA) is 80.0 Å².